The second-order valence-electron chi connectivity index (χ2n) is 8.69. The number of hydrogen-bond donors (Lipinski definition) is 1. The second kappa shape index (κ2) is 10.2. The third-order valence-corrected chi connectivity index (χ3v) is 6.59. The summed E-state index contributed by atoms with van der Waals surface area (Å²) in [7, 11) is 2.91. The van der Waals surface area contributed by atoms with Crippen LogP contribution in [0.3, 0.4) is 0 Å². The number of rotatable bonds is 6. The molecule has 1 aliphatic heterocycles. The summed E-state index contributed by atoms with van der Waals surface area (Å²) >= 11 is 0. The molecular formula is C28H29N5O4. The predicted molar refractivity (Wildman–Crippen MR) is 138 cm³/mol. The van der Waals surface area contributed by atoms with Gasteiger partial charge >= 0.3 is 12.0 Å². The number of methoxy groups -OCH3 is 2. The summed E-state index contributed by atoms with van der Waals surface area (Å²) in [5, 5.41) is 7.68. The number of urea groups is 1. The number of esters is 1. The first-order chi connectivity index (χ1) is 18.0. The van der Waals surface area contributed by atoms with E-state index >= 15 is 0 Å². The summed E-state index contributed by atoms with van der Waals surface area (Å²) in [6.45, 7) is 2.12. The van der Waals surface area contributed by atoms with Gasteiger partial charge in [-0.25, -0.2) is 9.48 Å². The van der Waals surface area contributed by atoms with Crippen LogP contribution in [-0.4, -0.2) is 52.0 Å². The highest BCUT2D eigenvalue weighted by molar-refractivity contribution is 5.81. The third-order valence-electron chi connectivity index (χ3n) is 6.59. The van der Waals surface area contributed by atoms with E-state index in [1.54, 1.807) is 12.0 Å². The number of hydrogen-bond acceptors (Lipinski definition) is 5. The van der Waals surface area contributed by atoms with E-state index < -0.39 is 12.0 Å². The summed E-state index contributed by atoms with van der Waals surface area (Å²) in [6.07, 6.45) is 2.69. The lowest BCUT2D eigenvalue weighted by Crippen LogP contribution is -2.44. The number of carbonyl (C=O) groups excluding carboxylic acids is 2. The van der Waals surface area contributed by atoms with E-state index in [1.165, 1.54) is 7.11 Å². The van der Waals surface area contributed by atoms with Gasteiger partial charge in [-0.05, 0) is 48.4 Å². The number of carbonyl (C=O) groups is 2. The zero-order chi connectivity index (χ0) is 25.9. The van der Waals surface area contributed by atoms with Crippen LogP contribution in [0.4, 0.5) is 4.79 Å². The van der Waals surface area contributed by atoms with Crippen LogP contribution in [-0.2, 0) is 22.5 Å². The lowest BCUT2D eigenvalue weighted by molar-refractivity contribution is -0.139. The SMILES string of the molecule is CCc1nn(-c2ccccc2)c2c1CN(C(=O)NCC(=O)OC)C(c1cccc(OC)c1)c1cccn1-2. The first kappa shape index (κ1) is 24.2. The predicted octanol–water partition coefficient (Wildman–Crippen LogP) is 4.02. The van der Waals surface area contributed by atoms with Crippen molar-refractivity contribution in [3.63, 3.8) is 0 Å². The van der Waals surface area contributed by atoms with E-state index in [-0.39, 0.29) is 12.6 Å². The minimum absolute atomic E-state index is 0.228. The zero-order valence-corrected chi connectivity index (χ0v) is 21.0. The van der Waals surface area contributed by atoms with Crippen LogP contribution in [0.15, 0.2) is 72.9 Å². The van der Waals surface area contributed by atoms with Crippen molar-refractivity contribution in [1.29, 1.82) is 0 Å². The highest BCUT2D eigenvalue weighted by Crippen LogP contribution is 2.39. The molecule has 4 aromatic rings. The molecule has 1 atom stereocenters. The number of benzene rings is 2. The maximum atomic E-state index is 13.7. The Labute approximate surface area is 215 Å². The van der Waals surface area contributed by atoms with Crippen LogP contribution in [0, 0.1) is 0 Å². The third kappa shape index (κ3) is 4.44. The van der Waals surface area contributed by atoms with E-state index in [2.05, 4.69) is 16.8 Å². The van der Waals surface area contributed by atoms with Gasteiger partial charge in [0.05, 0.1) is 43.9 Å². The fourth-order valence-electron chi connectivity index (χ4n) is 4.83. The van der Waals surface area contributed by atoms with Gasteiger partial charge in [0.1, 0.15) is 18.1 Å². The Morgan fingerprint density at radius 2 is 1.86 bits per heavy atom. The molecule has 9 heteroatoms. The molecule has 190 valence electrons. The molecule has 0 aliphatic carbocycles. The lowest BCUT2D eigenvalue weighted by Gasteiger charge is -2.31. The Bertz CT molecular complexity index is 1430. The van der Waals surface area contributed by atoms with Gasteiger partial charge in [-0.3, -0.25) is 4.79 Å². The average molecular weight is 500 g/mol. The normalized spacial score (nSPS) is 14.4. The van der Waals surface area contributed by atoms with Crippen LogP contribution >= 0.6 is 0 Å². The molecule has 2 aromatic heterocycles. The van der Waals surface area contributed by atoms with E-state index in [0.29, 0.717) is 18.7 Å². The van der Waals surface area contributed by atoms with Crippen LogP contribution in [0.1, 0.15) is 35.5 Å². The highest BCUT2D eigenvalue weighted by Gasteiger charge is 2.36. The van der Waals surface area contributed by atoms with Gasteiger partial charge in [0.15, 0.2) is 0 Å². The van der Waals surface area contributed by atoms with Crippen molar-refractivity contribution < 1.29 is 19.1 Å². The van der Waals surface area contributed by atoms with Crippen LogP contribution < -0.4 is 10.1 Å². The number of amides is 2. The molecule has 0 spiro atoms. The van der Waals surface area contributed by atoms with Crippen molar-refractivity contribution in [2.24, 2.45) is 0 Å². The molecule has 0 radical (unpaired) electrons. The molecule has 5 rings (SSSR count). The molecule has 0 bridgehead atoms. The topological polar surface area (TPSA) is 90.6 Å². The molecule has 37 heavy (non-hydrogen) atoms. The molecule has 0 saturated heterocycles. The van der Waals surface area contributed by atoms with Gasteiger partial charge in [-0.2, -0.15) is 5.10 Å². The minimum atomic E-state index is -0.517. The van der Waals surface area contributed by atoms with E-state index in [0.717, 1.165) is 34.0 Å². The Morgan fingerprint density at radius 1 is 1.05 bits per heavy atom. The second-order valence-corrected chi connectivity index (χ2v) is 8.69. The molecule has 2 amide bonds. The smallest absolute Gasteiger partial charge is 0.325 e. The van der Waals surface area contributed by atoms with Crippen molar-refractivity contribution in [2.45, 2.75) is 25.9 Å². The molecule has 0 fully saturated rings. The number of nitrogens with zero attached hydrogens (tertiary/aromatic N) is 4. The van der Waals surface area contributed by atoms with Gasteiger partial charge in [0.25, 0.3) is 0 Å². The number of nitrogens with one attached hydrogen (secondary N) is 1. The molecule has 0 saturated carbocycles. The lowest BCUT2D eigenvalue weighted by atomic mass is 10.0. The van der Waals surface area contributed by atoms with Gasteiger partial charge < -0.3 is 24.3 Å². The van der Waals surface area contributed by atoms with Gasteiger partial charge in [-0.1, -0.05) is 37.3 Å². The molecule has 9 nitrogen and oxygen atoms in total. The zero-order valence-electron chi connectivity index (χ0n) is 21.0. The molecule has 2 aromatic carbocycles. The van der Waals surface area contributed by atoms with Crippen LogP contribution in [0.5, 0.6) is 5.75 Å². The average Bonchev–Trinajstić information content (AvgIpc) is 3.53. The van der Waals surface area contributed by atoms with E-state index in [4.69, 9.17) is 14.6 Å². The fourth-order valence-corrected chi connectivity index (χ4v) is 4.83. The number of ether oxygens (including phenoxy) is 2. The summed E-state index contributed by atoms with van der Waals surface area (Å²) in [6, 6.07) is 20.8. The van der Waals surface area contributed by atoms with Crippen molar-refractivity contribution in [3.8, 4) is 17.3 Å². The summed E-state index contributed by atoms with van der Waals surface area (Å²) in [5.74, 6) is 1.06. The molecule has 3 heterocycles. The first-order valence-electron chi connectivity index (χ1n) is 12.1. The maximum Gasteiger partial charge on any atom is 0.325 e. The fraction of sp³-hybridized carbons (Fsp3) is 0.250. The Hall–Kier alpha value is -4.53. The van der Waals surface area contributed by atoms with Gasteiger partial charge in [-0.15, -0.1) is 0 Å². The summed E-state index contributed by atoms with van der Waals surface area (Å²) in [4.78, 5) is 27.2. The number of aromatic nitrogens is 3. The monoisotopic (exact) mass is 499 g/mol. The largest absolute Gasteiger partial charge is 0.497 e. The standard InChI is InChI=1S/C28H29N5O4/c1-4-23-22-18-32(28(35)29-17-25(34)37-3)26(19-10-8-13-21(16-19)36-2)24-14-9-15-31(24)27(22)33(30-23)20-11-6-5-7-12-20/h5-16,26H,4,17-18H2,1-3H3,(H,29,35). The summed E-state index contributed by atoms with van der Waals surface area (Å²) < 4.78 is 14.3. The Balaban J connectivity index is 1.71. The highest BCUT2D eigenvalue weighted by atomic mass is 16.5. The van der Waals surface area contributed by atoms with E-state index in [9.17, 15) is 9.59 Å². The Morgan fingerprint density at radius 3 is 2.59 bits per heavy atom. The van der Waals surface area contributed by atoms with Gasteiger partial charge in [0, 0.05) is 11.8 Å². The van der Waals surface area contributed by atoms with E-state index in [1.807, 2.05) is 77.6 Å². The summed E-state index contributed by atoms with van der Waals surface area (Å²) in [5.41, 5.74) is 4.55. The van der Waals surface area contributed by atoms with Crippen molar-refractivity contribution in [2.75, 3.05) is 20.8 Å². The minimum Gasteiger partial charge on any atom is -0.497 e. The van der Waals surface area contributed by atoms with Crippen LogP contribution in [0.25, 0.3) is 11.5 Å². The number of aryl methyl sites for hydroxylation is 1. The van der Waals surface area contributed by atoms with Crippen molar-refractivity contribution >= 4 is 12.0 Å². The molecule has 1 N–H and O–H groups in total. The number of fused-ring (bicyclic) bond motifs is 3. The molecule has 1 unspecified atom stereocenters. The Kier molecular flexibility index (Phi) is 6.68. The first-order valence-corrected chi connectivity index (χ1v) is 12.1. The molecule has 1 aliphatic rings. The maximum absolute atomic E-state index is 13.7. The van der Waals surface area contributed by atoms with Crippen molar-refractivity contribution in [3.05, 3.63) is 95.4 Å². The van der Waals surface area contributed by atoms with Crippen LogP contribution in [0.2, 0.25) is 0 Å². The molecular weight excluding hydrogens is 470 g/mol. The quantitative estimate of drug-likeness (QED) is 0.405. The van der Waals surface area contributed by atoms with Gasteiger partial charge in [0.2, 0.25) is 0 Å². The number of para-hydroxylation sites is 1. The van der Waals surface area contributed by atoms with Crippen molar-refractivity contribution in [1.82, 2.24) is 24.6 Å².